The Kier molecular flexibility index (Phi) is 6.94. The normalized spacial score (nSPS) is 11.3. The first kappa shape index (κ1) is 20.1. The summed E-state index contributed by atoms with van der Waals surface area (Å²) in [6, 6.07) is 7.21. The molecule has 23 heavy (non-hydrogen) atoms. The maximum atomic E-state index is 12.3. The van der Waals surface area contributed by atoms with Crippen LogP contribution in [0, 0.1) is 14.3 Å². The number of esters is 1. The molecular weight excluding hydrogens is 776 g/mol. The van der Waals surface area contributed by atoms with Gasteiger partial charge in [0.25, 0.3) is 10.1 Å². The largest absolute Gasteiger partial charge is 0.422 e. The van der Waals surface area contributed by atoms with Crippen LogP contribution in [0.1, 0.15) is 10.4 Å². The molecule has 122 valence electrons. The van der Waals surface area contributed by atoms with Crippen molar-refractivity contribution >= 4 is 106 Å². The van der Waals surface area contributed by atoms with E-state index in [0.29, 0.717) is 9.13 Å². The third kappa shape index (κ3) is 5.11. The molecule has 2 aromatic carbocycles. The van der Waals surface area contributed by atoms with Crippen LogP contribution >= 0.6 is 90.4 Å². The van der Waals surface area contributed by atoms with Gasteiger partial charge in [0.15, 0.2) is 0 Å². The second-order valence-corrected chi connectivity index (χ2v) is 10.2. The van der Waals surface area contributed by atoms with Crippen molar-refractivity contribution in [1.82, 2.24) is 0 Å². The molecule has 0 aliphatic rings. The predicted molar refractivity (Wildman–Crippen MR) is 119 cm³/mol. The van der Waals surface area contributed by atoms with Crippen LogP contribution in [0.5, 0.6) is 5.75 Å². The summed E-state index contributed by atoms with van der Waals surface area (Å²) in [6.07, 6.45) is 0. The summed E-state index contributed by atoms with van der Waals surface area (Å²) in [7, 11) is -4.29. The SMILES string of the molecule is O=C(Oc1ccc(S(=O)(=O)O)cc1I)c1cc(I)c(I)c(I)c1. The molecule has 0 atom stereocenters. The fourth-order valence-corrected chi connectivity index (χ4v) is 4.98. The standard InChI is InChI=1S/C13H6I4O5S/c14-8-5-7(23(19,20)21)1-2-11(8)22-13(18)6-3-9(15)12(17)10(16)4-6/h1-5H,(H,19,20,21). The van der Waals surface area contributed by atoms with E-state index in [-0.39, 0.29) is 10.6 Å². The maximum Gasteiger partial charge on any atom is 0.343 e. The zero-order valence-electron chi connectivity index (χ0n) is 10.9. The summed E-state index contributed by atoms with van der Waals surface area (Å²) in [5.41, 5.74) is 0.411. The number of hydrogen-bond donors (Lipinski definition) is 1. The Morgan fingerprint density at radius 3 is 2.00 bits per heavy atom. The van der Waals surface area contributed by atoms with E-state index < -0.39 is 16.1 Å². The molecule has 2 rings (SSSR count). The minimum Gasteiger partial charge on any atom is -0.422 e. The van der Waals surface area contributed by atoms with Gasteiger partial charge in [-0.1, -0.05) is 0 Å². The number of carbonyl (C=O) groups is 1. The van der Waals surface area contributed by atoms with E-state index in [1.807, 2.05) is 22.6 Å². The third-order valence-corrected chi connectivity index (χ3v) is 9.24. The molecule has 0 saturated heterocycles. The van der Waals surface area contributed by atoms with Gasteiger partial charge in [0.1, 0.15) is 5.75 Å². The molecule has 5 nitrogen and oxygen atoms in total. The van der Waals surface area contributed by atoms with E-state index in [4.69, 9.17) is 9.29 Å². The zero-order valence-corrected chi connectivity index (χ0v) is 20.3. The van der Waals surface area contributed by atoms with Crippen LogP contribution in [0.2, 0.25) is 0 Å². The molecule has 0 bridgehead atoms. The van der Waals surface area contributed by atoms with Crippen molar-refractivity contribution in [1.29, 1.82) is 0 Å². The molecule has 0 unspecified atom stereocenters. The van der Waals surface area contributed by atoms with Crippen molar-refractivity contribution in [3.63, 3.8) is 0 Å². The fourth-order valence-electron chi connectivity index (χ4n) is 1.56. The molecule has 0 aromatic heterocycles. The number of rotatable bonds is 3. The van der Waals surface area contributed by atoms with E-state index in [2.05, 4.69) is 67.8 Å². The highest BCUT2D eigenvalue weighted by molar-refractivity contribution is 14.1. The molecule has 0 amide bonds. The quantitative estimate of drug-likeness (QED) is 0.163. The predicted octanol–water partition coefficient (Wildman–Crippen LogP) is 4.57. The van der Waals surface area contributed by atoms with Gasteiger partial charge >= 0.3 is 5.97 Å². The van der Waals surface area contributed by atoms with Gasteiger partial charge in [-0.15, -0.1) is 0 Å². The minimum atomic E-state index is -4.29. The van der Waals surface area contributed by atoms with Crippen molar-refractivity contribution in [2.45, 2.75) is 4.90 Å². The van der Waals surface area contributed by atoms with Crippen molar-refractivity contribution < 1.29 is 22.5 Å². The number of hydrogen-bond acceptors (Lipinski definition) is 4. The van der Waals surface area contributed by atoms with E-state index >= 15 is 0 Å². The number of carbonyl (C=O) groups excluding carboxylic acids is 1. The lowest BCUT2D eigenvalue weighted by Gasteiger charge is -2.09. The smallest absolute Gasteiger partial charge is 0.343 e. The fraction of sp³-hybridized carbons (Fsp3) is 0. The summed E-state index contributed by atoms with van der Waals surface area (Å²) in [4.78, 5) is 12.0. The Labute approximate surface area is 187 Å². The average molecular weight is 782 g/mol. The van der Waals surface area contributed by atoms with Crippen LogP contribution < -0.4 is 4.74 Å². The van der Waals surface area contributed by atoms with Gasteiger partial charge in [-0.3, -0.25) is 4.55 Å². The van der Waals surface area contributed by atoms with Crippen molar-refractivity contribution in [2.24, 2.45) is 0 Å². The first-order valence-electron chi connectivity index (χ1n) is 5.73. The van der Waals surface area contributed by atoms with Gasteiger partial charge in [-0.05, 0) is 121 Å². The van der Waals surface area contributed by atoms with E-state index in [1.165, 1.54) is 18.2 Å². The monoisotopic (exact) mass is 782 g/mol. The first-order valence-corrected chi connectivity index (χ1v) is 11.5. The van der Waals surface area contributed by atoms with Gasteiger partial charge < -0.3 is 4.74 Å². The Morgan fingerprint density at radius 2 is 1.52 bits per heavy atom. The molecular formula is C13H6I4O5S. The second-order valence-electron chi connectivity index (χ2n) is 4.21. The molecule has 10 heteroatoms. The maximum absolute atomic E-state index is 12.3. The summed E-state index contributed by atoms with van der Waals surface area (Å²) in [5.74, 6) is -0.304. The zero-order chi connectivity index (χ0) is 17.4. The van der Waals surface area contributed by atoms with E-state index in [1.54, 1.807) is 12.1 Å². The van der Waals surface area contributed by atoms with Crippen LogP contribution in [0.25, 0.3) is 0 Å². The van der Waals surface area contributed by atoms with Crippen LogP contribution in [-0.4, -0.2) is 18.9 Å². The van der Waals surface area contributed by atoms with Gasteiger partial charge in [0, 0.05) is 10.7 Å². The lowest BCUT2D eigenvalue weighted by molar-refractivity contribution is 0.0733. The Bertz CT molecular complexity index is 872. The number of ether oxygens (including phenoxy) is 1. The molecule has 0 radical (unpaired) electrons. The van der Waals surface area contributed by atoms with E-state index in [0.717, 1.165) is 10.7 Å². The highest BCUT2D eigenvalue weighted by Gasteiger charge is 2.17. The molecule has 0 heterocycles. The second kappa shape index (κ2) is 7.96. The first-order chi connectivity index (χ1) is 10.6. The molecule has 2 aromatic rings. The summed E-state index contributed by atoms with van der Waals surface area (Å²) in [6.45, 7) is 0. The van der Waals surface area contributed by atoms with Crippen LogP contribution in [-0.2, 0) is 10.1 Å². The molecule has 0 spiro atoms. The highest BCUT2D eigenvalue weighted by Crippen LogP contribution is 2.27. The number of halogens is 4. The highest BCUT2D eigenvalue weighted by atomic mass is 127. The Balaban J connectivity index is 2.31. The average Bonchev–Trinajstić information content (AvgIpc) is 2.45. The van der Waals surface area contributed by atoms with Gasteiger partial charge in [-0.25, -0.2) is 4.79 Å². The summed E-state index contributed by atoms with van der Waals surface area (Å²) in [5, 5.41) is 0. The Morgan fingerprint density at radius 1 is 0.957 bits per heavy atom. The molecule has 1 N–H and O–H groups in total. The lowest BCUT2D eigenvalue weighted by Crippen LogP contribution is -2.11. The molecule has 0 saturated carbocycles. The lowest BCUT2D eigenvalue weighted by atomic mass is 10.2. The van der Waals surface area contributed by atoms with Crippen LogP contribution in [0.4, 0.5) is 0 Å². The van der Waals surface area contributed by atoms with Crippen LogP contribution in [0.3, 0.4) is 0 Å². The van der Waals surface area contributed by atoms with Crippen molar-refractivity contribution in [3.8, 4) is 5.75 Å². The van der Waals surface area contributed by atoms with E-state index in [9.17, 15) is 13.2 Å². The van der Waals surface area contributed by atoms with Crippen molar-refractivity contribution in [3.05, 3.63) is 50.2 Å². The molecule has 0 aliphatic heterocycles. The third-order valence-electron chi connectivity index (χ3n) is 2.62. The van der Waals surface area contributed by atoms with Gasteiger partial charge in [-0.2, -0.15) is 8.42 Å². The topological polar surface area (TPSA) is 80.7 Å². The minimum absolute atomic E-state index is 0.228. The van der Waals surface area contributed by atoms with Crippen molar-refractivity contribution in [2.75, 3.05) is 0 Å². The van der Waals surface area contributed by atoms with Gasteiger partial charge in [0.2, 0.25) is 0 Å². The number of benzene rings is 2. The summed E-state index contributed by atoms with van der Waals surface area (Å²) < 4.78 is 39.9. The molecule has 0 aliphatic carbocycles. The van der Waals surface area contributed by atoms with Crippen LogP contribution in [0.15, 0.2) is 35.2 Å². The van der Waals surface area contributed by atoms with Gasteiger partial charge in [0.05, 0.1) is 14.0 Å². The molecule has 0 fully saturated rings. The Hall–Kier alpha value is 0.740. The summed E-state index contributed by atoms with van der Waals surface area (Å²) >= 11 is 8.33.